The predicted octanol–water partition coefficient (Wildman–Crippen LogP) is 1.94. The summed E-state index contributed by atoms with van der Waals surface area (Å²) in [6, 6.07) is 10.3. The lowest BCUT2D eigenvalue weighted by Crippen LogP contribution is -2.49. The van der Waals surface area contributed by atoms with Crippen LogP contribution in [0.1, 0.15) is 24.7 Å². The lowest BCUT2D eigenvalue weighted by atomic mass is 10.0. The summed E-state index contributed by atoms with van der Waals surface area (Å²) < 4.78 is 13.1. The summed E-state index contributed by atoms with van der Waals surface area (Å²) in [5.41, 5.74) is 0.431. The van der Waals surface area contributed by atoms with Gasteiger partial charge in [-0.3, -0.25) is 4.79 Å². The van der Waals surface area contributed by atoms with Crippen molar-refractivity contribution in [3.63, 3.8) is 0 Å². The number of nitrogens with zero attached hydrogens (tertiary/aromatic N) is 2. The number of nitrogens with one attached hydrogen (secondary N) is 1. The molecule has 0 bridgehead atoms. The molecule has 3 rings (SSSR count). The van der Waals surface area contributed by atoms with Crippen molar-refractivity contribution in [3.8, 4) is 0 Å². The molecule has 6 nitrogen and oxygen atoms in total. The summed E-state index contributed by atoms with van der Waals surface area (Å²) in [6.07, 6.45) is 5.23. The van der Waals surface area contributed by atoms with E-state index in [-0.39, 0.29) is 5.91 Å². The van der Waals surface area contributed by atoms with Crippen LogP contribution in [0.4, 0.5) is 0 Å². The third kappa shape index (κ3) is 4.27. The third-order valence-electron chi connectivity index (χ3n) is 4.51. The van der Waals surface area contributed by atoms with Gasteiger partial charge in [0.05, 0.1) is 19.8 Å². The first kappa shape index (κ1) is 17.6. The standard InChI is InChI=1S/C19H25N3O3/c1-2-25-19(9-13-24-15-19)18(23)21-14-17-20-10-12-22(17)11-8-16-6-4-3-5-7-16/h3-7,10,12H,2,8-9,11,13-15H2,1H3,(H,21,23). The second kappa shape index (κ2) is 8.27. The van der Waals surface area contributed by atoms with Crippen molar-refractivity contribution in [2.24, 2.45) is 0 Å². The van der Waals surface area contributed by atoms with Gasteiger partial charge in [-0.1, -0.05) is 30.3 Å². The Morgan fingerprint density at radius 2 is 2.24 bits per heavy atom. The second-order valence-corrected chi connectivity index (χ2v) is 6.19. The van der Waals surface area contributed by atoms with Crippen LogP contribution in [0.15, 0.2) is 42.7 Å². The Morgan fingerprint density at radius 3 is 2.96 bits per heavy atom. The number of rotatable bonds is 8. The van der Waals surface area contributed by atoms with E-state index in [0.29, 0.717) is 32.8 Å². The highest BCUT2D eigenvalue weighted by molar-refractivity contribution is 5.85. The van der Waals surface area contributed by atoms with Crippen molar-refractivity contribution in [1.29, 1.82) is 0 Å². The first-order valence-electron chi connectivity index (χ1n) is 8.77. The van der Waals surface area contributed by atoms with Crippen molar-refractivity contribution in [1.82, 2.24) is 14.9 Å². The molecular formula is C19H25N3O3. The Kier molecular flexibility index (Phi) is 5.83. The van der Waals surface area contributed by atoms with E-state index in [1.807, 2.05) is 31.3 Å². The van der Waals surface area contributed by atoms with Crippen LogP contribution in [-0.2, 0) is 33.8 Å². The smallest absolute Gasteiger partial charge is 0.255 e. The molecule has 25 heavy (non-hydrogen) atoms. The highest BCUT2D eigenvalue weighted by atomic mass is 16.6. The SMILES string of the molecule is CCOC1(C(=O)NCc2nccn2CCc2ccccc2)CCOC1. The van der Waals surface area contributed by atoms with E-state index in [2.05, 4.69) is 27.0 Å². The van der Waals surface area contributed by atoms with Crippen molar-refractivity contribution in [3.05, 3.63) is 54.1 Å². The molecule has 6 heteroatoms. The topological polar surface area (TPSA) is 65.4 Å². The quantitative estimate of drug-likeness (QED) is 0.795. The monoisotopic (exact) mass is 343 g/mol. The molecule has 0 saturated carbocycles. The molecule has 0 radical (unpaired) electrons. The molecule has 1 amide bonds. The average Bonchev–Trinajstić information content (AvgIpc) is 3.29. The normalized spacial score (nSPS) is 19.9. The van der Waals surface area contributed by atoms with E-state index in [1.165, 1.54) is 5.56 Å². The number of hydrogen-bond acceptors (Lipinski definition) is 4. The van der Waals surface area contributed by atoms with E-state index < -0.39 is 5.60 Å². The van der Waals surface area contributed by atoms with Crippen molar-refractivity contribution >= 4 is 5.91 Å². The molecule has 2 heterocycles. The number of carbonyl (C=O) groups excluding carboxylic acids is 1. The van der Waals surface area contributed by atoms with Crippen LogP contribution in [0.25, 0.3) is 0 Å². The number of ether oxygens (including phenoxy) is 2. The number of hydrogen-bond donors (Lipinski definition) is 1. The largest absolute Gasteiger partial charge is 0.378 e. The summed E-state index contributed by atoms with van der Waals surface area (Å²) in [7, 11) is 0. The predicted molar refractivity (Wildman–Crippen MR) is 94.0 cm³/mol. The second-order valence-electron chi connectivity index (χ2n) is 6.19. The Balaban J connectivity index is 1.57. The highest BCUT2D eigenvalue weighted by Gasteiger charge is 2.43. The van der Waals surface area contributed by atoms with Gasteiger partial charge in [-0.05, 0) is 18.9 Å². The van der Waals surface area contributed by atoms with Gasteiger partial charge >= 0.3 is 0 Å². The van der Waals surface area contributed by atoms with Gasteiger partial charge in [0.15, 0.2) is 5.60 Å². The molecular weight excluding hydrogens is 318 g/mol. The fraction of sp³-hybridized carbons (Fsp3) is 0.474. The fourth-order valence-electron chi connectivity index (χ4n) is 3.11. The Morgan fingerprint density at radius 1 is 1.40 bits per heavy atom. The number of carbonyl (C=O) groups is 1. The van der Waals surface area contributed by atoms with Crippen LogP contribution >= 0.6 is 0 Å². The maximum atomic E-state index is 12.6. The molecule has 1 aliphatic heterocycles. The Labute approximate surface area is 148 Å². The van der Waals surface area contributed by atoms with E-state index in [0.717, 1.165) is 18.8 Å². The number of benzene rings is 1. The molecule has 1 fully saturated rings. The average molecular weight is 343 g/mol. The summed E-state index contributed by atoms with van der Waals surface area (Å²) in [6.45, 7) is 4.46. The number of aromatic nitrogens is 2. The summed E-state index contributed by atoms with van der Waals surface area (Å²) in [4.78, 5) is 17.0. The molecule has 0 spiro atoms. The minimum absolute atomic E-state index is 0.121. The van der Waals surface area contributed by atoms with Crippen LogP contribution in [0, 0.1) is 0 Å². The van der Waals surface area contributed by atoms with Gasteiger partial charge in [0.25, 0.3) is 5.91 Å². The van der Waals surface area contributed by atoms with Crippen LogP contribution in [0.5, 0.6) is 0 Å². The highest BCUT2D eigenvalue weighted by Crippen LogP contribution is 2.23. The maximum absolute atomic E-state index is 12.6. The Bertz CT molecular complexity index is 678. The summed E-state index contributed by atoms with van der Waals surface area (Å²) in [5, 5.41) is 2.96. The number of amides is 1. The zero-order valence-electron chi connectivity index (χ0n) is 14.6. The molecule has 1 N–H and O–H groups in total. The molecule has 134 valence electrons. The van der Waals surface area contributed by atoms with Crippen LogP contribution in [0.2, 0.25) is 0 Å². The molecule has 2 aromatic rings. The van der Waals surface area contributed by atoms with E-state index in [4.69, 9.17) is 9.47 Å². The molecule has 1 aromatic heterocycles. The summed E-state index contributed by atoms with van der Waals surface area (Å²) in [5.74, 6) is 0.722. The van der Waals surface area contributed by atoms with Crippen molar-refractivity contribution < 1.29 is 14.3 Å². The molecule has 1 atom stereocenters. The van der Waals surface area contributed by atoms with Gasteiger partial charge in [-0.25, -0.2) is 4.98 Å². The van der Waals surface area contributed by atoms with Gasteiger partial charge in [0.1, 0.15) is 5.82 Å². The van der Waals surface area contributed by atoms with Gasteiger partial charge in [-0.15, -0.1) is 0 Å². The van der Waals surface area contributed by atoms with Gasteiger partial charge in [0, 0.05) is 32.0 Å². The molecule has 0 aliphatic carbocycles. The fourth-order valence-corrected chi connectivity index (χ4v) is 3.11. The van der Waals surface area contributed by atoms with Gasteiger partial charge in [-0.2, -0.15) is 0 Å². The van der Waals surface area contributed by atoms with Crippen LogP contribution in [0.3, 0.4) is 0 Å². The lowest BCUT2D eigenvalue weighted by molar-refractivity contribution is -0.146. The number of aryl methyl sites for hydroxylation is 2. The van der Waals surface area contributed by atoms with E-state index >= 15 is 0 Å². The zero-order chi connectivity index (χ0) is 17.5. The molecule has 1 aromatic carbocycles. The van der Waals surface area contributed by atoms with Gasteiger partial charge < -0.3 is 19.4 Å². The first-order valence-corrected chi connectivity index (χ1v) is 8.77. The van der Waals surface area contributed by atoms with Crippen molar-refractivity contribution in [2.75, 3.05) is 19.8 Å². The van der Waals surface area contributed by atoms with Crippen molar-refractivity contribution in [2.45, 2.75) is 38.5 Å². The Hall–Kier alpha value is -2.18. The van der Waals surface area contributed by atoms with E-state index in [1.54, 1.807) is 6.20 Å². The van der Waals surface area contributed by atoms with Crippen LogP contribution < -0.4 is 5.32 Å². The maximum Gasteiger partial charge on any atom is 0.255 e. The zero-order valence-corrected chi connectivity index (χ0v) is 14.6. The van der Waals surface area contributed by atoms with Gasteiger partial charge in [0.2, 0.25) is 0 Å². The number of imidazole rings is 1. The summed E-state index contributed by atoms with van der Waals surface area (Å²) >= 11 is 0. The third-order valence-corrected chi connectivity index (χ3v) is 4.51. The van der Waals surface area contributed by atoms with Crippen LogP contribution in [-0.4, -0.2) is 40.9 Å². The van der Waals surface area contributed by atoms with E-state index in [9.17, 15) is 4.79 Å². The minimum atomic E-state index is -0.851. The first-order chi connectivity index (χ1) is 12.2. The molecule has 1 saturated heterocycles. The minimum Gasteiger partial charge on any atom is -0.378 e. The molecule has 1 aliphatic rings. The molecule has 1 unspecified atom stereocenters. The lowest BCUT2D eigenvalue weighted by Gasteiger charge is -2.25.